The summed E-state index contributed by atoms with van der Waals surface area (Å²) in [6, 6.07) is 19.8. The molecule has 34 heavy (non-hydrogen) atoms. The first-order valence-corrected chi connectivity index (χ1v) is 12.0. The normalized spacial score (nSPS) is 10.7. The zero-order chi connectivity index (χ0) is 24.1. The monoisotopic (exact) mass is 494 g/mol. The first kappa shape index (κ1) is 23.6. The Morgan fingerprint density at radius 3 is 1.97 bits per heavy atom. The number of thiophene rings is 1. The molecule has 6 nitrogen and oxygen atoms in total. The van der Waals surface area contributed by atoms with E-state index in [-0.39, 0.29) is 11.8 Å². The van der Waals surface area contributed by atoms with Crippen molar-refractivity contribution in [2.45, 2.75) is 13.8 Å². The van der Waals surface area contributed by atoms with Crippen molar-refractivity contribution >= 4 is 56.2 Å². The summed E-state index contributed by atoms with van der Waals surface area (Å²) in [5.74, 6) is 0.182. The summed E-state index contributed by atoms with van der Waals surface area (Å²) < 4.78 is 12.5. The fraction of sp³-hybridized carbons (Fsp3) is 0.154. The molecule has 3 aromatic carbocycles. The molecule has 0 saturated carbocycles. The highest BCUT2D eigenvalue weighted by molar-refractivity contribution is 7.21. The second-order valence-electron chi connectivity index (χ2n) is 7.23. The Morgan fingerprint density at radius 1 is 0.824 bits per heavy atom. The van der Waals surface area contributed by atoms with Gasteiger partial charge in [0.05, 0.1) is 29.6 Å². The summed E-state index contributed by atoms with van der Waals surface area (Å²) in [5.41, 5.74) is 1.37. The first-order valence-electron chi connectivity index (χ1n) is 10.8. The van der Waals surface area contributed by atoms with Gasteiger partial charge in [0.15, 0.2) is 0 Å². The van der Waals surface area contributed by atoms with E-state index >= 15 is 0 Å². The minimum Gasteiger partial charge on any atom is -0.492 e. The van der Waals surface area contributed by atoms with Crippen LogP contribution in [0.1, 0.15) is 33.9 Å². The average molecular weight is 495 g/mol. The van der Waals surface area contributed by atoms with Gasteiger partial charge in [-0.1, -0.05) is 48.0 Å². The van der Waals surface area contributed by atoms with E-state index in [1.54, 1.807) is 36.4 Å². The molecule has 1 heterocycles. The standard InChI is InChI=1S/C26H23ClN2O4S/c1-3-32-20-15-19(29-26(31)24-23(27)17-12-8-9-13-22(17)34-24)21(33-4-2)14-18(20)28-25(30)16-10-6-5-7-11-16/h5-15H,3-4H2,1-2H3,(H,28,30)(H,29,31). The van der Waals surface area contributed by atoms with Crippen molar-refractivity contribution in [1.29, 1.82) is 0 Å². The molecular weight excluding hydrogens is 472 g/mol. The molecule has 4 rings (SSSR count). The van der Waals surface area contributed by atoms with Crippen LogP contribution in [0.4, 0.5) is 11.4 Å². The largest absolute Gasteiger partial charge is 0.492 e. The highest BCUT2D eigenvalue weighted by Gasteiger charge is 2.21. The topological polar surface area (TPSA) is 76.7 Å². The number of nitrogens with one attached hydrogen (secondary N) is 2. The molecule has 0 bridgehead atoms. The van der Waals surface area contributed by atoms with E-state index in [0.29, 0.717) is 51.6 Å². The third-order valence-corrected chi connectivity index (χ3v) is 6.63. The Bertz CT molecular complexity index is 1340. The molecule has 174 valence electrons. The molecule has 0 unspecified atom stereocenters. The molecule has 0 spiro atoms. The zero-order valence-electron chi connectivity index (χ0n) is 18.7. The summed E-state index contributed by atoms with van der Waals surface area (Å²) in [6.07, 6.45) is 0. The number of halogens is 1. The van der Waals surface area contributed by atoms with Gasteiger partial charge in [0.1, 0.15) is 16.4 Å². The van der Waals surface area contributed by atoms with Gasteiger partial charge in [0.25, 0.3) is 11.8 Å². The molecule has 4 aromatic rings. The average Bonchev–Trinajstić information content (AvgIpc) is 3.19. The van der Waals surface area contributed by atoms with E-state index in [1.165, 1.54) is 11.3 Å². The van der Waals surface area contributed by atoms with E-state index in [0.717, 1.165) is 10.1 Å². The molecule has 0 saturated heterocycles. The fourth-order valence-electron chi connectivity index (χ4n) is 3.43. The van der Waals surface area contributed by atoms with E-state index in [1.807, 2.05) is 44.2 Å². The fourth-order valence-corrected chi connectivity index (χ4v) is 4.84. The Kier molecular flexibility index (Phi) is 7.35. The second kappa shape index (κ2) is 10.6. The Labute approximate surface area is 206 Å². The van der Waals surface area contributed by atoms with E-state index in [4.69, 9.17) is 21.1 Å². The lowest BCUT2D eigenvalue weighted by molar-refractivity contribution is 0.101. The highest BCUT2D eigenvalue weighted by atomic mass is 35.5. The van der Waals surface area contributed by atoms with Crippen LogP contribution in [-0.2, 0) is 0 Å². The predicted octanol–water partition coefficient (Wildman–Crippen LogP) is 6.86. The van der Waals surface area contributed by atoms with Crippen LogP contribution in [0.15, 0.2) is 66.7 Å². The van der Waals surface area contributed by atoms with Gasteiger partial charge in [-0.05, 0) is 32.0 Å². The van der Waals surface area contributed by atoms with Crippen LogP contribution in [0.5, 0.6) is 11.5 Å². The van der Waals surface area contributed by atoms with E-state index in [2.05, 4.69) is 10.6 Å². The number of carbonyl (C=O) groups excluding carboxylic acids is 2. The molecule has 0 aliphatic carbocycles. The summed E-state index contributed by atoms with van der Waals surface area (Å²) in [6.45, 7) is 4.42. The number of hydrogen-bond acceptors (Lipinski definition) is 5. The molecule has 0 aliphatic rings. The van der Waals surface area contributed by atoms with Crippen LogP contribution in [0, 0.1) is 0 Å². The van der Waals surface area contributed by atoms with Crippen molar-refractivity contribution < 1.29 is 19.1 Å². The number of hydrogen-bond donors (Lipinski definition) is 2. The summed E-state index contributed by atoms with van der Waals surface area (Å²) in [7, 11) is 0. The van der Waals surface area contributed by atoms with Crippen LogP contribution >= 0.6 is 22.9 Å². The Morgan fingerprint density at radius 2 is 1.38 bits per heavy atom. The maximum Gasteiger partial charge on any atom is 0.267 e. The van der Waals surface area contributed by atoms with Gasteiger partial charge in [0.2, 0.25) is 0 Å². The third-order valence-electron chi connectivity index (χ3n) is 4.95. The van der Waals surface area contributed by atoms with Crippen molar-refractivity contribution in [2.24, 2.45) is 0 Å². The molecule has 0 fully saturated rings. The highest BCUT2D eigenvalue weighted by Crippen LogP contribution is 2.39. The van der Waals surface area contributed by atoms with Crippen molar-refractivity contribution in [3.63, 3.8) is 0 Å². The lowest BCUT2D eigenvalue weighted by atomic mass is 10.2. The van der Waals surface area contributed by atoms with E-state index < -0.39 is 0 Å². The van der Waals surface area contributed by atoms with Gasteiger partial charge < -0.3 is 20.1 Å². The SMILES string of the molecule is CCOc1cc(NC(=O)c2sc3ccccc3c2Cl)c(OCC)cc1NC(=O)c1ccccc1. The zero-order valence-corrected chi connectivity index (χ0v) is 20.3. The molecule has 2 N–H and O–H groups in total. The molecule has 2 amide bonds. The smallest absolute Gasteiger partial charge is 0.267 e. The first-order chi connectivity index (χ1) is 16.5. The number of anilines is 2. The molecule has 0 radical (unpaired) electrons. The maximum absolute atomic E-state index is 13.1. The number of rotatable bonds is 8. The van der Waals surface area contributed by atoms with Crippen molar-refractivity contribution in [1.82, 2.24) is 0 Å². The van der Waals surface area contributed by atoms with Gasteiger partial charge in [-0.25, -0.2) is 0 Å². The third kappa shape index (κ3) is 5.00. The maximum atomic E-state index is 13.1. The molecule has 1 aromatic heterocycles. The van der Waals surface area contributed by atoms with Gasteiger partial charge >= 0.3 is 0 Å². The van der Waals surface area contributed by atoms with Crippen LogP contribution in [0.2, 0.25) is 5.02 Å². The van der Waals surface area contributed by atoms with Gasteiger partial charge in [-0.15, -0.1) is 11.3 Å². The number of amides is 2. The molecule has 8 heteroatoms. The minimum atomic E-state index is -0.351. The number of benzene rings is 3. The van der Waals surface area contributed by atoms with Gasteiger partial charge in [-0.3, -0.25) is 9.59 Å². The van der Waals surface area contributed by atoms with E-state index in [9.17, 15) is 9.59 Å². The van der Waals surface area contributed by atoms with Crippen molar-refractivity contribution in [2.75, 3.05) is 23.8 Å². The number of ether oxygens (including phenoxy) is 2. The molecule has 0 atom stereocenters. The predicted molar refractivity (Wildman–Crippen MR) is 138 cm³/mol. The van der Waals surface area contributed by atoms with Crippen LogP contribution in [0.25, 0.3) is 10.1 Å². The summed E-state index contributed by atoms with van der Waals surface area (Å²) >= 11 is 7.81. The van der Waals surface area contributed by atoms with Gasteiger partial charge in [-0.2, -0.15) is 0 Å². The minimum absolute atomic E-state index is 0.280. The lowest BCUT2D eigenvalue weighted by Crippen LogP contribution is -2.15. The molecule has 0 aliphatic heterocycles. The van der Waals surface area contributed by atoms with Crippen molar-refractivity contribution in [3.8, 4) is 11.5 Å². The van der Waals surface area contributed by atoms with Gasteiger partial charge in [0, 0.05) is 27.8 Å². The quantitative estimate of drug-likeness (QED) is 0.280. The summed E-state index contributed by atoms with van der Waals surface area (Å²) in [5, 5.41) is 7.01. The number of carbonyl (C=O) groups is 2. The second-order valence-corrected chi connectivity index (χ2v) is 8.66. The van der Waals surface area contributed by atoms with Crippen LogP contribution in [0.3, 0.4) is 0 Å². The molecular formula is C26H23ClN2O4S. The Hall–Kier alpha value is -3.55. The van der Waals surface area contributed by atoms with Crippen LogP contribution < -0.4 is 20.1 Å². The van der Waals surface area contributed by atoms with Crippen molar-refractivity contribution in [3.05, 3.63) is 82.2 Å². The Balaban J connectivity index is 1.67. The van der Waals surface area contributed by atoms with Crippen LogP contribution in [-0.4, -0.2) is 25.0 Å². The summed E-state index contributed by atoms with van der Waals surface area (Å²) in [4.78, 5) is 26.3. The number of fused-ring (bicyclic) bond motifs is 1. The lowest BCUT2D eigenvalue weighted by Gasteiger charge is -2.17.